The molecule has 0 radical (unpaired) electrons. The van der Waals surface area contributed by atoms with Gasteiger partial charge in [0.25, 0.3) is 6.01 Å². The number of alkyl halides is 1. The van der Waals surface area contributed by atoms with Crippen LogP contribution in [0.2, 0.25) is 0 Å². The molecule has 1 aromatic carbocycles. The summed E-state index contributed by atoms with van der Waals surface area (Å²) < 4.78 is 5.13. The number of aliphatic hydroxyl groups is 2. The molecule has 92 valence electrons. The highest BCUT2D eigenvalue weighted by Gasteiger charge is 2.18. The number of halogens is 1. The highest BCUT2D eigenvalue weighted by atomic mass is 79.9. The minimum absolute atomic E-state index is 0.0904. The zero-order chi connectivity index (χ0) is 12.4. The van der Waals surface area contributed by atoms with Gasteiger partial charge in [0, 0.05) is 5.33 Å². The molecule has 0 aliphatic heterocycles. The summed E-state index contributed by atoms with van der Waals surface area (Å²) in [7, 11) is 0. The van der Waals surface area contributed by atoms with Crippen LogP contribution in [0.1, 0.15) is 18.1 Å². The molecule has 0 saturated carbocycles. The van der Waals surface area contributed by atoms with E-state index in [1.807, 2.05) is 0 Å². The highest BCUT2D eigenvalue weighted by Crippen LogP contribution is 2.24. The molecule has 0 fully saturated rings. The van der Waals surface area contributed by atoms with Crippen LogP contribution < -0.4 is 5.73 Å². The molecule has 0 aliphatic carbocycles. The first-order chi connectivity index (χ1) is 8.11. The van der Waals surface area contributed by atoms with E-state index in [1.54, 1.807) is 18.2 Å². The van der Waals surface area contributed by atoms with Gasteiger partial charge < -0.3 is 20.4 Å². The lowest BCUT2D eigenvalue weighted by Gasteiger charge is -2.16. The number of oxazole rings is 1. The number of rotatable bonds is 4. The van der Waals surface area contributed by atoms with Gasteiger partial charge in [-0.1, -0.05) is 22.0 Å². The lowest BCUT2D eigenvalue weighted by Crippen LogP contribution is -2.18. The fourth-order valence-electron chi connectivity index (χ4n) is 1.64. The van der Waals surface area contributed by atoms with Gasteiger partial charge in [0.15, 0.2) is 5.58 Å². The molecule has 0 aliphatic rings. The van der Waals surface area contributed by atoms with Crippen molar-refractivity contribution in [2.45, 2.75) is 18.6 Å². The van der Waals surface area contributed by atoms with E-state index in [4.69, 9.17) is 10.2 Å². The molecule has 2 aromatic rings. The third-order valence-corrected chi connectivity index (χ3v) is 3.00. The predicted octanol–water partition coefficient (Wildman–Crippen LogP) is 1.59. The minimum atomic E-state index is -0.935. The molecule has 0 spiro atoms. The number of nitrogens with two attached hydrogens (primary N) is 1. The van der Waals surface area contributed by atoms with Crippen molar-refractivity contribution >= 4 is 33.0 Å². The van der Waals surface area contributed by atoms with E-state index < -0.39 is 12.2 Å². The lowest BCUT2D eigenvalue weighted by molar-refractivity contribution is 0.0174. The second kappa shape index (κ2) is 5.03. The zero-order valence-corrected chi connectivity index (χ0v) is 10.6. The molecule has 6 heteroatoms. The smallest absolute Gasteiger partial charge is 0.292 e. The molecular formula is C11H13BrN2O3. The molecule has 4 N–H and O–H groups in total. The maximum absolute atomic E-state index is 9.93. The minimum Gasteiger partial charge on any atom is -0.424 e. The molecule has 0 amide bonds. The van der Waals surface area contributed by atoms with Gasteiger partial charge in [-0.2, -0.15) is 4.98 Å². The first-order valence-corrected chi connectivity index (χ1v) is 6.32. The number of aromatic nitrogens is 1. The Morgan fingerprint density at radius 3 is 2.88 bits per heavy atom. The van der Waals surface area contributed by atoms with Gasteiger partial charge in [0.2, 0.25) is 0 Å². The monoisotopic (exact) mass is 300 g/mol. The lowest BCUT2D eigenvalue weighted by atomic mass is 10.0. The Bertz CT molecular complexity index is 514. The molecule has 0 saturated heterocycles. The van der Waals surface area contributed by atoms with E-state index in [0.717, 1.165) is 0 Å². The van der Waals surface area contributed by atoms with E-state index in [0.29, 0.717) is 28.4 Å². The average Bonchev–Trinajstić information content (AvgIpc) is 2.67. The molecule has 2 rings (SSSR count). The van der Waals surface area contributed by atoms with Gasteiger partial charge in [-0.15, -0.1) is 0 Å². The number of fused-ring (bicyclic) bond motifs is 1. The quantitative estimate of drug-likeness (QED) is 0.746. The first-order valence-electron chi connectivity index (χ1n) is 5.20. The van der Waals surface area contributed by atoms with Crippen molar-refractivity contribution < 1.29 is 14.6 Å². The number of benzene rings is 1. The molecule has 5 nitrogen and oxygen atoms in total. The third-order valence-electron chi connectivity index (χ3n) is 2.54. The topological polar surface area (TPSA) is 92.5 Å². The van der Waals surface area contributed by atoms with Crippen LogP contribution >= 0.6 is 15.9 Å². The van der Waals surface area contributed by atoms with Gasteiger partial charge in [-0.25, -0.2) is 0 Å². The molecule has 1 aromatic heterocycles. The van der Waals surface area contributed by atoms with Crippen LogP contribution in [0.15, 0.2) is 22.6 Å². The van der Waals surface area contributed by atoms with E-state index in [1.165, 1.54) is 0 Å². The fraction of sp³-hybridized carbons (Fsp3) is 0.364. The maximum Gasteiger partial charge on any atom is 0.292 e. The maximum atomic E-state index is 9.93. The van der Waals surface area contributed by atoms with E-state index in [9.17, 15) is 10.2 Å². The largest absolute Gasteiger partial charge is 0.424 e. The van der Waals surface area contributed by atoms with Gasteiger partial charge in [0.1, 0.15) is 11.6 Å². The summed E-state index contributed by atoms with van der Waals surface area (Å²) in [6.07, 6.45) is -1.27. The first kappa shape index (κ1) is 12.3. The van der Waals surface area contributed by atoms with Crippen LogP contribution in [-0.4, -0.2) is 26.6 Å². The second-order valence-corrected chi connectivity index (χ2v) is 4.56. The summed E-state index contributed by atoms with van der Waals surface area (Å²) in [5.41, 5.74) is 7.16. The fourth-order valence-corrected chi connectivity index (χ4v) is 2.11. The normalized spacial score (nSPS) is 15.0. The van der Waals surface area contributed by atoms with Crippen LogP contribution in [-0.2, 0) is 0 Å². The van der Waals surface area contributed by atoms with Crippen molar-refractivity contribution in [1.29, 1.82) is 0 Å². The van der Waals surface area contributed by atoms with Crippen LogP contribution in [0.3, 0.4) is 0 Å². The standard InChI is InChI=1S/C11H13BrN2O3/c12-4-3-8(15)10(16)6-1-2-9-7(5-6)14-11(13)17-9/h1-2,5,8,10,15-16H,3-4H2,(H2,13,14). The summed E-state index contributed by atoms with van der Waals surface area (Å²) in [6.45, 7) is 0. The number of hydrogen-bond donors (Lipinski definition) is 3. The number of anilines is 1. The number of nitrogen functional groups attached to an aromatic ring is 1. The van der Waals surface area contributed by atoms with Gasteiger partial charge in [-0.05, 0) is 24.1 Å². The van der Waals surface area contributed by atoms with Crippen LogP contribution in [0, 0.1) is 0 Å². The summed E-state index contributed by atoms with van der Waals surface area (Å²) in [5, 5.41) is 20.3. The van der Waals surface area contributed by atoms with Crippen LogP contribution in [0.25, 0.3) is 11.1 Å². The van der Waals surface area contributed by atoms with Crippen molar-refractivity contribution in [3.63, 3.8) is 0 Å². The summed E-state index contributed by atoms with van der Waals surface area (Å²) in [6, 6.07) is 5.12. The summed E-state index contributed by atoms with van der Waals surface area (Å²) in [4.78, 5) is 3.97. The van der Waals surface area contributed by atoms with E-state index in [-0.39, 0.29) is 6.01 Å². The Morgan fingerprint density at radius 1 is 1.41 bits per heavy atom. The Morgan fingerprint density at radius 2 is 2.18 bits per heavy atom. The van der Waals surface area contributed by atoms with Crippen molar-refractivity contribution in [3.05, 3.63) is 23.8 Å². The molecule has 0 bridgehead atoms. The third kappa shape index (κ3) is 2.59. The van der Waals surface area contributed by atoms with Crippen molar-refractivity contribution in [3.8, 4) is 0 Å². The molecule has 17 heavy (non-hydrogen) atoms. The Hall–Kier alpha value is -1.11. The molecule has 2 atom stereocenters. The Balaban J connectivity index is 2.28. The van der Waals surface area contributed by atoms with Crippen molar-refractivity contribution in [2.75, 3.05) is 11.1 Å². The van der Waals surface area contributed by atoms with Crippen LogP contribution in [0.4, 0.5) is 6.01 Å². The summed E-state index contributed by atoms with van der Waals surface area (Å²) in [5.74, 6) is 0. The van der Waals surface area contributed by atoms with Gasteiger partial charge in [0.05, 0.1) is 6.10 Å². The Kier molecular flexibility index (Phi) is 3.66. The number of nitrogens with zero attached hydrogens (tertiary/aromatic N) is 1. The van der Waals surface area contributed by atoms with E-state index in [2.05, 4.69) is 20.9 Å². The van der Waals surface area contributed by atoms with Crippen molar-refractivity contribution in [1.82, 2.24) is 4.98 Å². The average molecular weight is 301 g/mol. The van der Waals surface area contributed by atoms with Gasteiger partial charge in [-0.3, -0.25) is 0 Å². The van der Waals surface area contributed by atoms with Crippen LogP contribution in [0.5, 0.6) is 0 Å². The zero-order valence-electron chi connectivity index (χ0n) is 9.01. The number of aliphatic hydroxyl groups excluding tert-OH is 2. The molecule has 2 unspecified atom stereocenters. The second-order valence-electron chi connectivity index (χ2n) is 3.77. The predicted molar refractivity (Wildman–Crippen MR) is 67.8 cm³/mol. The molecule has 1 heterocycles. The number of hydrogen-bond acceptors (Lipinski definition) is 5. The van der Waals surface area contributed by atoms with Gasteiger partial charge >= 0.3 is 0 Å². The Labute approximate surface area is 106 Å². The SMILES string of the molecule is Nc1nc2cc(C(O)C(O)CCBr)ccc2o1. The highest BCUT2D eigenvalue weighted by molar-refractivity contribution is 9.09. The molecular weight excluding hydrogens is 288 g/mol. The van der Waals surface area contributed by atoms with Crippen molar-refractivity contribution in [2.24, 2.45) is 0 Å². The summed E-state index contributed by atoms with van der Waals surface area (Å²) >= 11 is 3.22. The van der Waals surface area contributed by atoms with E-state index >= 15 is 0 Å².